The number of nitrogens with zero attached hydrogens (tertiary/aromatic N) is 1. The molecule has 1 aromatic rings. The minimum absolute atomic E-state index is 0. The van der Waals surface area contributed by atoms with E-state index in [0.717, 1.165) is 10.5 Å². The Hall–Kier alpha value is -2.16. The molecule has 2 aliphatic rings. The van der Waals surface area contributed by atoms with Gasteiger partial charge >= 0.3 is 6.03 Å². The van der Waals surface area contributed by atoms with E-state index in [0.29, 0.717) is 18.7 Å². The summed E-state index contributed by atoms with van der Waals surface area (Å²) in [5.41, 5.74) is 6.21. The number of carbonyl (C=O) groups is 3. The molecule has 0 radical (unpaired) electrons. The first kappa shape index (κ1) is 22.1. The largest absolute Gasteiger partial charge is 0.378 e. The molecule has 1 aliphatic heterocycles. The zero-order chi connectivity index (χ0) is 19.8. The van der Waals surface area contributed by atoms with Gasteiger partial charge in [-0.15, -0.1) is 12.4 Å². The van der Waals surface area contributed by atoms with Crippen LogP contribution in [-0.2, 0) is 20.9 Å². The maximum atomic E-state index is 12.8. The van der Waals surface area contributed by atoms with Crippen molar-refractivity contribution in [3.05, 3.63) is 29.8 Å². The van der Waals surface area contributed by atoms with Gasteiger partial charge in [-0.2, -0.15) is 0 Å². The Bertz CT molecular complexity index is 769. The van der Waals surface area contributed by atoms with Crippen molar-refractivity contribution in [3.63, 3.8) is 0 Å². The number of imide groups is 1. The Morgan fingerprint density at radius 3 is 2.68 bits per heavy atom. The highest BCUT2D eigenvalue weighted by molar-refractivity contribution is 6.02. The molecule has 1 heterocycles. The van der Waals surface area contributed by atoms with Crippen molar-refractivity contribution < 1.29 is 19.1 Å². The summed E-state index contributed by atoms with van der Waals surface area (Å²) in [6.07, 6.45) is 0.409. The van der Waals surface area contributed by atoms with Crippen LogP contribution in [0, 0.1) is 5.41 Å². The van der Waals surface area contributed by atoms with Gasteiger partial charge in [0.1, 0.15) is 5.54 Å². The molecule has 154 valence electrons. The first-order valence-electron chi connectivity index (χ1n) is 9.08. The standard InChI is InChI=1S/C19H26N4O4.ClH/c1-4-27-14-9-19(20,18(14,2)3)16(25)22-13-7-5-6-12(8-13)11-23-15(24)10-21-17(23)26;/h5-8,14H,4,9-11,20H2,1-3H3,(H,21,26)(H,22,25);1H. The van der Waals surface area contributed by atoms with Crippen LogP contribution in [0.2, 0.25) is 0 Å². The van der Waals surface area contributed by atoms with Gasteiger partial charge in [-0.3, -0.25) is 14.5 Å². The molecule has 1 aliphatic carbocycles. The lowest BCUT2D eigenvalue weighted by atomic mass is 9.54. The third-order valence-electron chi connectivity index (χ3n) is 5.70. The Labute approximate surface area is 170 Å². The fraction of sp³-hybridized carbons (Fsp3) is 0.526. The maximum absolute atomic E-state index is 12.8. The van der Waals surface area contributed by atoms with Crippen molar-refractivity contribution >= 4 is 35.9 Å². The number of ether oxygens (including phenoxy) is 1. The van der Waals surface area contributed by atoms with Crippen LogP contribution < -0.4 is 16.4 Å². The molecule has 2 fully saturated rings. The van der Waals surface area contributed by atoms with Crippen LogP contribution in [-0.4, -0.2) is 47.5 Å². The summed E-state index contributed by atoms with van der Waals surface area (Å²) >= 11 is 0. The highest BCUT2D eigenvalue weighted by Crippen LogP contribution is 2.50. The number of carbonyl (C=O) groups excluding carboxylic acids is 3. The number of halogens is 1. The highest BCUT2D eigenvalue weighted by atomic mass is 35.5. The van der Waals surface area contributed by atoms with Crippen LogP contribution in [0.15, 0.2) is 24.3 Å². The number of nitrogens with one attached hydrogen (secondary N) is 2. The van der Waals surface area contributed by atoms with E-state index in [2.05, 4.69) is 10.6 Å². The fourth-order valence-corrected chi connectivity index (χ4v) is 3.61. The van der Waals surface area contributed by atoms with Crippen LogP contribution in [0.3, 0.4) is 0 Å². The van der Waals surface area contributed by atoms with Crippen molar-refractivity contribution in [2.24, 2.45) is 11.1 Å². The Kier molecular flexibility index (Phi) is 6.37. The van der Waals surface area contributed by atoms with Crippen LogP contribution in [0.5, 0.6) is 0 Å². The number of rotatable bonds is 6. The van der Waals surface area contributed by atoms with Gasteiger partial charge in [-0.05, 0) is 24.6 Å². The fourth-order valence-electron chi connectivity index (χ4n) is 3.61. The minimum atomic E-state index is -1.02. The molecule has 4 N–H and O–H groups in total. The van der Waals surface area contributed by atoms with Gasteiger partial charge in [0, 0.05) is 24.1 Å². The molecule has 28 heavy (non-hydrogen) atoms. The molecular formula is C19H27ClN4O4. The third-order valence-corrected chi connectivity index (χ3v) is 5.70. The van der Waals surface area contributed by atoms with Crippen LogP contribution in [0.4, 0.5) is 10.5 Å². The molecule has 4 amide bonds. The van der Waals surface area contributed by atoms with E-state index in [4.69, 9.17) is 10.5 Å². The molecule has 3 rings (SSSR count). The summed E-state index contributed by atoms with van der Waals surface area (Å²) in [5.74, 6) is -0.538. The van der Waals surface area contributed by atoms with E-state index in [1.807, 2.05) is 20.8 Å². The van der Waals surface area contributed by atoms with E-state index >= 15 is 0 Å². The van der Waals surface area contributed by atoms with Crippen molar-refractivity contribution in [3.8, 4) is 0 Å². The molecule has 9 heteroatoms. The summed E-state index contributed by atoms with van der Waals surface area (Å²) in [6.45, 7) is 6.54. The first-order chi connectivity index (χ1) is 12.7. The smallest absolute Gasteiger partial charge is 0.324 e. The summed E-state index contributed by atoms with van der Waals surface area (Å²) in [7, 11) is 0. The van der Waals surface area contributed by atoms with Gasteiger partial charge in [0.15, 0.2) is 0 Å². The summed E-state index contributed by atoms with van der Waals surface area (Å²) < 4.78 is 5.67. The van der Waals surface area contributed by atoms with Gasteiger partial charge < -0.3 is 21.1 Å². The number of hydrogen-bond donors (Lipinski definition) is 3. The lowest BCUT2D eigenvalue weighted by Gasteiger charge is -2.57. The molecule has 1 saturated carbocycles. The first-order valence-corrected chi connectivity index (χ1v) is 9.08. The molecule has 8 nitrogen and oxygen atoms in total. The topological polar surface area (TPSA) is 114 Å². The second-order valence-electron chi connectivity index (χ2n) is 7.63. The number of urea groups is 1. The zero-order valence-corrected chi connectivity index (χ0v) is 17.1. The Morgan fingerprint density at radius 2 is 2.11 bits per heavy atom. The highest BCUT2D eigenvalue weighted by Gasteiger charge is 2.62. The monoisotopic (exact) mass is 410 g/mol. The summed E-state index contributed by atoms with van der Waals surface area (Å²) in [5, 5.41) is 5.35. The molecule has 0 aromatic heterocycles. The van der Waals surface area contributed by atoms with Gasteiger partial charge in [-0.1, -0.05) is 26.0 Å². The third kappa shape index (κ3) is 3.72. The lowest BCUT2D eigenvalue weighted by molar-refractivity contribution is -0.166. The van der Waals surface area contributed by atoms with Crippen molar-refractivity contribution in [1.82, 2.24) is 10.2 Å². The van der Waals surface area contributed by atoms with E-state index in [1.165, 1.54) is 0 Å². The number of hydrogen-bond acceptors (Lipinski definition) is 5. The van der Waals surface area contributed by atoms with Gasteiger partial charge in [0.05, 0.1) is 19.2 Å². The van der Waals surface area contributed by atoms with Gasteiger partial charge in [0.25, 0.3) is 0 Å². The van der Waals surface area contributed by atoms with Crippen molar-refractivity contribution in [2.75, 3.05) is 18.5 Å². The predicted octanol–water partition coefficient (Wildman–Crippen LogP) is 1.63. The predicted molar refractivity (Wildman–Crippen MR) is 107 cm³/mol. The van der Waals surface area contributed by atoms with Crippen LogP contribution >= 0.6 is 12.4 Å². The molecule has 1 aromatic carbocycles. The quantitative estimate of drug-likeness (QED) is 0.617. The van der Waals surface area contributed by atoms with Crippen molar-refractivity contribution in [1.29, 1.82) is 0 Å². The van der Waals surface area contributed by atoms with Crippen molar-refractivity contribution in [2.45, 2.75) is 45.4 Å². The summed E-state index contributed by atoms with van der Waals surface area (Å²) in [6, 6.07) is 6.65. The molecular weight excluding hydrogens is 384 g/mol. The average molecular weight is 411 g/mol. The van der Waals surface area contributed by atoms with Crippen LogP contribution in [0.1, 0.15) is 32.8 Å². The maximum Gasteiger partial charge on any atom is 0.324 e. The Morgan fingerprint density at radius 1 is 1.39 bits per heavy atom. The molecule has 2 atom stereocenters. The Balaban J connectivity index is 0.00000280. The van der Waals surface area contributed by atoms with Crippen LogP contribution in [0.25, 0.3) is 0 Å². The van der Waals surface area contributed by atoms with E-state index < -0.39 is 17.0 Å². The zero-order valence-electron chi connectivity index (χ0n) is 16.3. The molecule has 0 bridgehead atoms. The molecule has 0 spiro atoms. The SMILES string of the molecule is CCOC1CC(N)(C(=O)Nc2cccc(CN3C(=O)CNC3=O)c2)C1(C)C.Cl. The number of benzene rings is 1. The number of anilines is 1. The summed E-state index contributed by atoms with van der Waals surface area (Å²) in [4.78, 5) is 37.4. The van der Waals surface area contributed by atoms with Gasteiger partial charge in [-0.25, -0.2) is 4.79 Å². The second-order valence-corrected chi connectivity index (χ2v) is 7.63. The van der Waals surface area contributed by atoms with E-state index in [-0.39, 0.29) is 43.4 Å². The number of amides is 4. The normalized spacial score (nSPS) is 25.6. The van der Waals surface area contributed by atoms with E-state index in [1.54, 1.807) is 24.3 Å². The molecule has 1 saturated heterocycles. The van der Waals surface area contributed by atoms with E-state index in [9.17, 15) is 14.4 Å². The number of nitrogens with two attached hydrogens (primary N) is 1. The second kappa shape index (κ2) is 8.06. The average Bonchev–Trinajstić information content (AvgIpc) is 2.93. The molecule has 2 unspecified atom stereocenters. The van der Waals surface area contributed by atoms with Gasteiger partial charge in [0.2, 0.25) is 11.8 Å². The lowest BCUT2D eigenvalue weighted by Crippen LogP contribution is -2.74. The minimum Gasteiger partial charge on any atom is -0.378 e.